The van der Waals surface area contributed by atoms with E-state index in [4.69, 9.17) is 8.83 Å². The third-order valence-corrected chi connectivity index (χ3v) is 3.72. The number of nitrogens with zero attached hydrogens (tertiary/aromatic N) is 2. The quantitative estimate of drug-likeness (QED) is 0.737. The monoisotopic (exact) mass is 391 g/mol. The van der Waals surface area contributed by atoms with E-state index < -0.39 is 0 Å². The van der Waals surface area contributed by atoms with Crippen molar-refractivity contribution < 1.29 is 18.4 Å². The molecule has 3 rings (SSSR count). The average Bonchev–Trinajstić information content (AvgIpc) is 3.10. The zero-order valence-electron chi connectivity index (χ0n) is 13.0. The molecule has 2 aromatic heterocycles. The Morgan fingerprint density at radius 3 is 2.75 bits per heavy atom. The van der Waals surface area contributed by atoms with Gasteiger partial charge in [-0.15, -0.1) is 0 Å². The lowest BCUT2D eigenvalue weighted by Crippen LogP contribution is -2.34. The highest BCUT2D eigenvalue weighted by molar-refractivity contribution is 9.10. The van der Waals surface area contributed by atoms with Crippen LogP contribution in [-0.2, 0) is 4.79 Å². The summed E-state index contributed by atoms with van der Waals surface area (Å²) in [6.07, 6.45) is 0. The van der Waals surface area contributed by atoms with Crippen LogP contribution in [0.4, 0.5) is 5.69 Å². The summed E-state index contributed by atoms with van der Waals surface area (Å²) >= 11 is 3.14. The van der Waals surface area contributed by atoms with Gasteiger partial charge in [0.1, 0.15) is 5.52 Å². The van der Waals surface area contributed by atoms with Gasteiger partial charge in [0, 0.05) is 25.7 Å². The van der Waals surface area contributed by atoms with Gasteiger partial charge in [0.05, 0.1) is 6.54 Å². The van der Waals surface area contributed by atoms with E-state index in [9.17, 15) is 9.59 Å². The van der Waals surface area contributed by atoms with Gasteiger partial charge in [0.2, 0.25) is 5.91 Å². The minimum atomic E-state index is -0.378. The summed E-state index contributed by atoms with van der Waals surface area (Å²) in [5.74, 6) is 0.0170. The maximum absolute atomic E-state index is 12.1. The van der Waals surface area contributed by atoms with Gasteiger partial charge in [-0.25, -0.2) is 4.98 Å². The normalized spacial score (nSPS) is 10.8. The van der Waals surface area contributed by atoms with Crippen LogP contribution in [-0.4, -0.2) is 35.3 Å². The summed E-state index contributed by atoms with van der Waals surface area (Å²) in [4.78, 5) is 29.7. The maximum Gasteiger partial charge on any atom is 0.289 e. The first kappa shape index (κ1) is 16.3. The summed E-state index contributed by atoms with van der Waals surface area (Å²) in [6, 6.07) is 8.35. The molecule has 0 aliphatic rings. The van der Waals surface area contributed by atoms with E-state index in [0.717, 1.165) is 5.52 Å². The molecule has 0 fully saturated rings. The fraction of sp³-hybridized carbons (Fsp3) is 0.188. The van der Waals surface area contributed by atoms with E-state index in [0.29, 0.717) is 21.8 Å². The van der Waals surface area contributed by atoms with Gasteiger partial charge in [-0.3, -0.25) is 9.59 Å². The molecule has 7 nitrogen and oxygen atoms in total. The lowest BCUT2D eigenvalue weighted by molar-refractivity contribution is -0.116. The van der Waals surface area contributed by atoms with Crippen molar-refractivity contribution in [3.05, 3.63) is 46.7 Å². The number of hydrogen-bond acceptors (Lipinski definition) is 5. The average molecular weight is 392 g/mol. The number of hydrogen-bond donors (Lipinski definition) is 1. The van der Waals surface area contributed by atoms with Crippen LogP contribution in [0.15, 0.2) is 43.8 Å². The van der Waals surface area contributed by atoms with E-state index >= 15 is 0 Å². The SMILES string of the molecule is Cc1nc2ccc(NC(=O)CN(C)C(=O)c3ccc(Br)o3)cc2o1. The van der Waals surface area contributed by atoms with Crippen molar-refractivity contribution in [1.82, 2.24) is 9.88 Å². The van der Waals surface area contributed by atoms with E-state index in [1.54, 1.807) is 37.3 Å². The highest BCUT2D eigenvalue weighted by Crippen LogP contribution is 2.20. The van der Waals surface area contributed by atoms with E-state index in [-0.39, 0.29) is 24.1 Å². The van der Waals surface area contributed by atoms with Crippen LogP contribution < -0.4 is 5.32 Å². The lowest BCUT2D eigenvalue weighted by atomic mass is 10.3. The molecule has 24 heavy (non-hydrogen) atoms. The molecule has 0 aliphatic heterocycles. The van der Waals surface area contributed by atoms with Gasteiger partial charge in [0.15, 0.2) is 21.9 Å². The Balaban J connectivity index is 1.64. The van der Waals surface area contributed by atoms with E-state index in [1.165, 1.54) is 11.9 Å². The van der Waals surface area contributed by atoms with Crippen LogP contribution in [0.25, 0.3) is 11.1 Å². The molecular formula is C16H14BrN3O4. The second kappa shape index (κ2) is 6.48. The molecule has 2 amide bonds. The van der Waals surface area contributed by atoms with Crippen LogP contribution in [0.3, 0.4) is 0 Å². The molecule has 8 heteroatoms. The number of aromatic nitrogens is 1. The standard InChI is InChI=1S/C16H14BrN3O4/c1-9-18-11-4-3-10(7-13(11)23-9)19-15(21)8-20(2)16(22)12-5-6-14(17)24-12/h3-7H,8H2,1-2H3,(H,19,21). The lowest BCUT2D eigenvalue weighted by Gasteiger charge is -2.15. The fourth-order valence-electron chi connectivity index (χ4n) is 2.22. The number of furan rings is 1. The Morgan fingerprint density at radius 2 is 2.04 bits per heavy atom. The summed E-state index contributed by atoms with van der Waals surface area (Å²) in [6.45, 7) is 1.65. The molecule has 0 spiro atoms. The molecule has 0 atom stereocenters. The van der Waals surface area contributed by atoms with Gasteiger partial charge in [-0.05, 0) is 40.2 Å². The van der Waals surface area contributed by atoms with Crippen LogP contribution in [0.1, 0.15) is 16.4 Å². The molecule has 124 valence electrons. The molecule has 1 N–H and O–H groups in total. The number of nitrogens with one attached hydrogen (secondary N) is 1. The minimum Gasteiger partial charge on any atom is -0.444 e. The number of fused-ring (bicyclic) bond motifs is 1. The van der Waals surface area contributed by atoms with Crippen molar-refractivity contribution in [2.45, 2.75) is 6.92 Å². The van der Waals surface area contributed by atoms with Crippen molar-refractivity contribution in [3.63, 3.8) is 0 Å². The van der Waals surface area contributed by atoms with E-state index in [1.807, 2.05) is 0 Å². The molecule has 3 aromatic rings. The highest BCUT2D eigenvalue weighted by atomic mass is 79.9. The van der Waals surface area contributed by atoms with Crippen LogP contribution in [0.5, 0.6) is 0 Å². The van der Waals surface area contributed by atoms with Crippen molar-refractivity contribution in [3.8, 4) is 0 Å². The topological polar surface area (TPSA) is 88.6 Å². The Hall–Kier alpha value is -2.61. The van der Waals surface area contributed by atoms with Gasteiger partial charge in [-0.1, -0.05) is 0 Å². The molecule has 0 aliphatic carbocycles. The number of oxazole rings is 1. The van der Waals surface area contributed by atoms with Crippen molar-refractivity contribution >= 4 is 44.5 Å². The molecule has 0 radical (unpaired) electrons. The Bertz CT molecular complexity index is 915. The third kappa shape index (κ3) is 3.48. The smallest absolute Gasteiger partial charge is 0.289 e. The van der Waals surface area contributed by atoms with Crippen LogP contribution in [0.2, 0.25) is 0 Å². The summed E-state index contributed by atoms with van der Waals surface area (Å²) in [7, 11) is 1.53. The van der Waals surface area contributed by atoms with Crippen molar-refractivity contribution in [1.29, 1.82) is 0 Å². The molecule has 0 unspecified atom stereocenters. The van der Waals surface area contributed by atoms with Gasteiger partial charge >= 0.3 is 0 Å². The Morgan fingerprint density at radius 1 is 1.25 bits per heavy atom. The molecule has 0 saturated heterocycles. The largest absolute Gasteiger partial charge is 0.444 e. The first-order chi connectivity index (χ1) is 11.4. The number of rotatable bonds is 4. The molecule has 0 saturated carbocycles. The zero-order chi connectivity index (χ0) is 17.3. The number of anilines is 1. The third-order valence-electron chi connectivity index (χ3n) is 3.29. The number of aryl methyl sites for hydroxylation is 1. The second-order valence-electron chi connectivity index (χ2n) is 5.23. The van der Waals surface area contributed by atoms with Gasteiger partial charge < -0.3 is 19.1 Å². The maximum atomic E-state index is 12.1. The number of carbonyl (C=O) groups is 2. The predicted octanol–water partition coefficient (Wildman–Crippen LogP) is 3.20. The summed E-state index contributed by atoms with van der Waals surface area (Å²) in [5, 5.41) is 2.73. The van der Waals surface area contributed by atoms with Crippen LogP contribution >= 0.6 is 15.9 Å². The predicted molar refractivity (Wildman–Crippen MR) is 90.7 cm³/mol. The number of amides is 2. The first-order valence-electron chi connectivity index (χ1n) is 7.10. The number of likely N-dealkylation sites (N-methyl/N-ethyl adjacent to an activating group) is 1. The van der Waals surface area contributed by atoms with Crippen molar-refractivity contribution in [2.75, 3.05) is 18.9 Å². The number of halogens is 1. The minimum absolute atomic E-state index is 0.107. The molecule has 2 heterocycles. The number of carbonyl (C=O) groups excluding carboxylic acids is 2. The Kier molecular flexibility index (Phi) is 4.39. The summed E-state index contributed by atoms with van der Waals surface area (Å²) < 4.78 is 11.1. The Labute approximate surface area is 145 Å². The first-order valence-corrected chi connectivity index (χ1v) is 7.89. The van der Waals surface area contributed by atoms with Crippen LogP contribution in [0, 0.1) is 6.92 Å². The van der Waals surface area contributed by atoms with Gasteiger partial charge in [0.25, 0.3) is 5.91 Å². The molecular weight excluding hydrogens is 378 g/mol. The molecule has 0 bridgehead atoms. The summed E-state index contributed by atoms with van der Waals surface area (Å²) in [5.41, 5.74) is 1.89. The second-order valence-corrected chi connectivity index (χ2v) is 6.01. The van der Waals surface area contributed by atoms with Gasteiger partial charge in [-0.2, -0.15) is 0 Å². The highest BCUT2D eigenvalue weighted by Gasteiger charge is 2.18. The van der Waals surface area contributed by atoms with E-state index in [2.05, 4.69) is 26.2 Å². The molecule has 1 aromatic carbocycles. The zero-order valence-corrected chi connectivity index (χ0v) is 14.6. The fourth-order valence-corrected chi connectivity index (χ4v) is 2.53. The number of benzene rings is 1. The van der Waals surface area contributed by atoms with Crippen molar-refractivity contribution in [2.24, 2.45) is 0 Å².